The highest BCUT2D eigenvalue weighted by molar-refractivity contribution is 9.10. The number of furan rings is 1. The zero-order chi connectivity index (χ0) is 16.4. The molecule has 0 bridgehead atoms. The number of hydrogen-bond donors (Lipinski definition) is 2. The van der Waals surface area contributed by atoms with Crippen LogP contribution < -0.4 is 5.32 Å². The number of aromatic nitrogens is 1. The summed E-state index contributed by atoms with van der Waals surface area (Å²) in [5, 5.41) is 11.6. The summed E-state index contributed by atoms with van der Waals surface area (Å²) in [6, 6.07) is 9.98. The molecule has 116 valence electrons. The molecular weight excluding hydrogens is 364 g/mol. The van der Waals surface area contributed by atoms with Crippen LogP contribution in [0.15, 0.2) is 51.6 Å². The number of para-hydroxylation sites is 1. The number of amides is 1. The lowest BCUT2D eigenvalue weighted by Gasteiger charge is -2.09. The van der Waals surface area contributed by atoms with Gasteiger partial charge in [0.05, 0.1) is 17.2 Å². The summed E-state index contributed by atoms with van der Waals surface area (Å²) in [5.41, 5.74) is 2.30. The number of carbonyl (C=O) groups is 2. The molecule has 23 heavy (non-hydrogen) atoms. The summed E-state index contributed by atoms with van der Waals surface area (Å²) >= 11 is 3.34. The topological polar surface area (TPSA) is 92.4 Å². The van der Waals surface area contributed by atoms with Gasteiger partial charge >= 0.3 is 5.97 Å². The molecule has 1 amide bonds. The van der Waals surface area contributed by atoms with Crippen LogP contribution in [-0.4, -0.2) is 22.0 Å². The van der Waals surface area contributed by atoms with E-state index in [0.717, 1.165) is 0 Å². The molecule has 0 aliphatic rings. The van der Waals surface area contributed by atoms with Gasteiger partial charge in [0.25, 0.3) is 5.91 Å². The van der Waals surface area contributed by atoms with Crippen molar-refractivity contribution in [1.82, 2.24) is 4.98 Å². The zero-order valence-electron chi connectivity index (χ0n) is 11.7. The third-order valence-corrected chi connectivity index (χ3v) is 3.79. The van der Waals surface area contributed by atoms with Crippen molar-refractivity contribution in [1.29, 1.82) is 0 Å². The van der Waals surface area contributed by atoms with Crippen molar-refractivity contribution < 1.29 is 19.1 Å². The molecule has 6 nitrogen and oxygen atoms in total. The number of fused-ring (bicyclic) bond motifs is 1. The lowest BCUT2D eigenvalue weighted by molar-refractivity contribution is -0.136. The van der Waals surface area contributed by atoms with Gasteiger partial charge in [0.15, 0.2) is 5.58 Å². The van der Waals surface area contributed by atoms with Crippen molar-refractivity contribution >= 4 is 44.6 Å². The van der Waals surface area contributed by atoms with Gasteiger partial charge in [-0.3, -0.25) is 9.59 Å². The molecule has 0 atom stereocenters. The van der Waals surface area contributed by atoms with Gasteiger partial charge in [-0.25, -0.2) is 4.98 Å². The lowest BCUT2D eigenvalue weighted by Crippen LogP contribution is -2.15. The fourth-order valence-corrected chi connectivity index (χ4v) is 2.69. The van der Waals surface area contributed by atoms with Crippen molar-refractivity contribution in [2.75, 3.05) is 5.32 Å². The Morgan fingerprint density at radius 2 is 2.04 bits per heavy atom. The van der Waals surface area contributed by atoms with Crippen molar-refractivity contribution in [3.8, 4) is 0 Å². The number of benzene rings is 1. The first kappa shape index (κ1) is 15.2. The molecule has 0 aliphatic heterocycles. The fourth-order valence-electron chi connectivity index (χ4n) is 2.18. The molecule has 2 aromatic heterocycles. The highest BCUT2D eigenvalue weighted by Gasteiger charge is 2.15. The Bertz CT molecular complexity index is 904. The van der Waals surface area contributed by atoms with Crippen LogP contribution in [0.5, 0.6) is 0 Å². The summed E-state index contributed by atoms with van der Waals surface area (Å²) in [5.74, 6) is -1.39. The molecule has 3 aromatic rings. The van der Waals surface area contributed by atoms with Crippen LogP contribution >= 0.6 is 15.9 Å². The van der Waals surface area contributed by atoms with E-state index in [1.165, 1.54) is 6.26 Å². The summed E-state index contributed by atoms with van der Waals surface area (Å²) in [6.45, 7) is 0. The average Bonchev–Trinajstić information content (AvgIpc) is 2.97. The van der Waals surface area contributed by atoms with Gasteiger partial charge in [0.1, 0.15) is 11.2 Å². The molecule has 0 saturated carbocycles. The number of carbonyl (C=O) groups excluding carboxylic acids is 1. The molecule has 0 radical (unpaired) electrons. The summed E-state index contributed by atoms with van der Waals surface area (Å²) in [6.07, 6.45) is 1.32. The van der Waals surface area contributed by atoms with Crippen molar-refractivity contribution in [3.05, 3.63) is 58.4 Å². The molecule has 0 fully saturated rings. The van der Waals surface area contributed by atoms with Crippen LogP contribution in [0.1, 0.15) is 16.1 Å². The Morgan fingerprint density at radius 3 is 2.83 bits per heavy atom. The first-order valence-electron chi connectivity index (χ1n) is 6.69. The maximum Gasteiger partial charge on any atom is 0.307 e. The van der Waals surface area contributed by atoms with Crippen LogP contribution in [-0.2, 0) is 11.2 Å². The second kappa shape index (κ2) is 6.21. The molecular formula is C16H11BrN2O4. The smallest absolute Gasteiger partial charge is 0.307 e. The van der Waals surface area contributed by atoms with Gasteiger partial charge in [-0.05, 0) is 33.6 Å². The number of carboxylic acids is 1. The van der Waals surface area contributed by atoms with Crippen LogP contribution in [0.3, 0.4) is 0 Å². The largest absolute Gasteiger partial charge is 0.481 e. The monoisotopic (exact) mass is 374 g/mol. The van der Waals surface area contributed by atoms with Gasteiger partial charge in [-0.15, -0.1) is 0 Å². The van der Waals surface area contributed by atoms with E-state index >= 15 is 0 Å². The number of anilines is 1. The van der Waals surface area contributed by atoms with E-state index in [1.807, 2.05) is 0 Å². The third kappa shape index (κ3) is 3.24. The first-order valence-corrected chi connectivity index (χ1v) is 7.48. The standard InChI is InChI=1S/C16H11BrN2O4/c17-10-8-13(18-12-5-6-23-15(10)12)16(22)19-11-4-2-1-3-9(11)7-14(20)21/h1-6,8H,7H2,(H,19,22)(H,20,21). The van der Waals surface area contributed by atoms with E-state index in [9.17, 15) is 9.59 Å². The van der Waals surface area contributed by atoms with Crippen LogP contribution in [0.4, 0.5) is 5.69 Å². The van der Waals surface area contributed by atoms with E-state index in [0.29, 0.717) is 26.8 Å². The SMILES string of the molecule is O=C(O)Cc1ccccc1NC(=O)c1cc(Br)c2occc2n1. The minimum absolute atomic E-state index is 0.172. The van der Waals surface area contributed by atoms with Gasteiger partial charge in [-0.2, -0.15) is 0 Å². The van der Waals surface area contributed by atoms with Gasteiger partial charge in [0.2, 0.25) is 0 Å². The normalized spacial score (nSPS) is 10.7. The maximum atomic E-state index is 12.4. The Kier molecular flexibility index (Phi) is 4.12. The summed E-state index contributed by atoms with van der Waals surface area (Å²) in [7, 11) is 0. The van der Waals surface area contributed by atoms with Gasteiger partial charge < -0.3 is 14.8 Å². The third-order valence-electron chi connectivity index (χ3n) is 3.21. The Hall–Kier alpha value is -2.67. The van der Waals surface area contributed by atoms with Crippen molar-refractivity contribution in [2.45, 2.75) is 6.42 Å². The van der Waals surface area contributed by atoms with Gasteiger partial charge in [0, 0.05) is 11.8 Å². The number of hydrogen-bond acceptors (Lipinski definition) is 4. The Labute approximate surface area is 139 Å². The van der Waals surface area contributed by atoms with Gasteiger partial charge in [-0.1, -0.05) is 18.2 Å². The van der Waals surface area contributed by atoms with E-state index in [4.69, 9.17) is 9.52 Å². The molecule has 7 heteroatoms. The summed E-state index contributed by atoms with van der Waals surface area (Å²) in [4.78, 5) is 27.5. The number of nitrogens with one attached hydrogen (secondary N) is 1. The van der Waals surface area contributed by atoms with E-state index in [2.05, 4.69) is 26.2 Å². The molecule has 0 unspecified atom stereocenters. The maximum absolute atomic E-state index is 12.4. The molecule has 0 aliphatic carbocycles. The highest BCUT2D eigenvalue weighted by Crippen LogP contribution is 2.25. The zero-order valence-corrected chi connectivity index (χ0v) is 13.3. The Balaban J connectivity index is 1.90. The minimum Gasteiger partial charge on any atom is -0.481 e. The number of halogens is 1. The second-order valence-corrected chi connectivity index (χ2v) is 5.66. The molecule has 0 spiro atoms. The molecule has 0 saturated heterocycles. The lowest BCUT2D eigenvalue weighted by atomic mass is 10.1. The predicted molar refractivity (Wildman–Crippen MR) is 87.4 cm³/mol. The molecule has 2 N–H and O–H groups in total. The highest BCUT2D eigenvalue weighted by atomic mass is 79.9. The number of nitrogens with zero attached hydrogens (tertiary/aromatic N) is 1. The molecule has 1 aromatic carbocycles. The first-order chi connectivity index (χ1) is 11.0. The number of aliphatic carboxylic acids is 1. The van der Waals surface area contributed by atoms with Crippen molar-refractivity contribution in [3.63, 3.8) is 0 Å². The number of pyridine rings is 1. The summed E-state index contributed by atoms with van der Waals surface area (Å²) < 4.78 is 5.88. The van der Waals surface area contributed by atoms with E-state index in [-0.39, 0.29) is 12.1 Å². The van der Waals surface area contributed by atoms with E-state index in [1.54, 1.807) is 36.4 Å². The van der Waals surface area contributed by atoms with Crippen LogP contribution in [0, 0.1) is 0 Å². The van der Waals surface area contributed by atoms with Crippen molar-refractivity contribution in [2.24, 2.45) is 0 Å². The van der Waals surface area contributed by atoms with Crippen LogP contribution in [0.25, 0.3) is 11.1 Å². The minimum atomic E-state index is -0.965. The quantitative estimate of drug-likeness (QED) is 0.729. The number of rotatable bonds is 4. The average molecular weight is 375 g/mol. The fraction of sp³-hybridized carbons (Fsp3) is 0.0625. The number of carboxylic acid groups (broad SMARTS) is 1. The molecule has 3 rings (SSSR count). The van der Waals surface area contributed by atoms with E-state index < -0.39 is 11.9 Å². The Morgan fingerprint density at radius 1 is 1.26 bits per heavy atom. The molecule has 2 heterocycles. The van der Waals surface area contributed by atoms with Crippen LogP contribution in [0.2, 0.25) is 0 Å². The second-order valence-electron chi connectivity index (χ2n) is 4.81. The predicted octanol–water partition coefficient (Wildman–Crippen LogP) is 3.47.